The van der Waals surface area contributed by atoms with Crippen molar-refractivity contribution < 1.29 is 17.6 Å². The van der Waals surface area contributed by atoms with Gasteiger partial charge in [-0.05, 0) is 41.4 Å². The van der Waals surface area contributed by atoms with E-state index in [1.54, 1.807) is 18.2 Å². The molecule has 0 bridgehead atoms. The molecule has 0 aliphatic heterocycles. The fourth-order valence-corrected chi connectivity index (χ4v) is 3.34. The van der Waals surface area contributed by atoms with E-state index < -0.39 is 15.7 Å². The highest BCUT2D eigenvalue weighted by molar-refractivity contribution is 7.90. The second-order valence-corrected chi connectivity index (χ2v) is 6.77. The summed E-state index contributed by atoms with van der Waals surface area (Å²) < 4.78 is 38.4. The van der Waals surface area contributed by atoms with Crippen LogP contribution in [-0.2, 0) is 20.4 Å². The number of nitrogens with zero attached hydrogens (tertiary/aromatic N) is 3. The van der Waals surface area contributed by atoms with Crippen LogP contribution in [0.5, 0.6) is 0 Å². The molecule has 9 heteroatoms. The van der Waals surface area contributed by atoms with Gasteiger partial charge in [-0.2, -0.15) is 0 Å². The lowest BCUT2D eigenvalue weighted by Gasteiger charge is -2.12. The number of halogens is 1. The highest BCUT2D eigenvalue weighted by atomic mass is 32.2. The molecular formula is C15H15FN4O3S. The Labute approximate surface area is 138 Å². The maximum atomic E-state index is 13.5. The van der Waals surface area contributed by atoms with E-state index in [4.69, 9.17) is 10.4 Å². The Balaban J connectivity index is 2.16. The summed E-state index contributed by atoms with van der Waals surface area (Å²) in [5, 5.41) is 3.30. The van der Waals surface area contributed by atoms with E-state index in [0.29, 0.717) is 5.69 Å². The van der Waals surface area contributed by atoms with Crippen LogP contribution in [0.4, 0.5) is 10.1 Å². The fourth-order valence-electron chi connectivity index (χ4n) is 1.96. The fraction of sp³-hybridized carbons (Fsp3) is 0.200. The molecule has 1 N–H and O–H groups in total. The molecule has 0 amide bonds. The van der Waals surface area contributed by atoms with Gasteiger partial charge in [0.2, 0.25) is 0 Å². The molecule has 0 unspecified atom stereocenters. The lowest BCUT2D eigenvalue weighted by atomic mass is 10.2. The highest BCUT2D eigenvalue weighted by Gasteiger charge is 2.18. The SMILES string of the molecule is [N-]=[N+]=NCCONc1ccc(F)cc1CS(=O)(=O)c1ccccc1. The minimum atomic E-state index is -3.62. The Kier molecular flexibility index (Phi) is 6.14. The predicted octanol–water partition coefficient (Wildman–Crippen LogP) is 3.45. The topological polar surface area (TPSA) is 104 Å². The van der Waals surface area contributed by atoms with Gasteiger partial charge in [0.25, 0.3) is 0 Å². The smallest absolute Gasteiger partial charge is 0.182 e. The van der Waals surface area contributed by atoms with Gasteiger partial charge in [-0.15, -0.1) is 0 Å². The van der Waals surface area contributed by atoms with Gasteiger partial charge < -0.3 is 0 Å². The predicted molar refractivity (Wildman–Crippen MR) is 87.3 cm³/mol. The number of azide groups is 1. The lowest BCUT2D eigenvalue weighted by molar-refractivity contribution is 0.202. The molecule has 7 nitrogen and oxygen atoms in total. The van der Waals surface area contributed by atoms with Gasteiger partial charge in [-0.3, -0.25) is 10.3 Å². The van der Waals surface area contributed by atoms with Crippen LogP contribution in [0.1, 0.15) is 5.56 Å². The maximum absolute atomic E-state index is 13.5. The van der Waals surface area contributed by atoms with Gasteiger partial charge in [-0.1, -0.05) is 23.3 Å². The summed E-state index contributed by atoms with van der Waals surface area (Å²) in [6.45, 7) is 0.203. The van der Waals surface area contributed by atoms with Crippen molar-refractivity contribution in [2.24, 2.45) is 5.11 Å². The minimum absolute atomic E-state index is 0.0896. The first-order valence-corrected chi connectivity index (χ1v) is 8.63. The number of sulfone groups is 1. The summed E-state index contributed by atoms with van der Waals surface area (Å²) in [4.78, 5) is 7.83. The quantitative estimate of drug-likeness (QED) is 0.259. The molecule has 126 valence electrons. The largest absolute Gasteiger partial charge is 0.276 e. The van der Waals surface area contributed by atoms with Crippen LogP contribution in [0.15, 0.2) is 58.5 Å². The van der Waals surface area contributed by atoms with Crippen molar-refractivity contribution in [1.29, 1.82) is 0 Å². The summed E-state index contributed by atoms with van der Waals surface area (Å²) in [6.07, 6.45) is 0. The number of hydrogen-bond donors (Lipinski definition) is 1. The van der Waals surface area contributed by atoms with Gasteiger partial charge in [-0.25, -0.2) is 12.8 Å². The molecule has 0 radical (unpaired) electrons. The normalized spacial score (nSPS) is 10.9. The second-order valence-electron chi connectivity index (χ2n) is 4.78. The van der Waals surface area contributed by atoms with E-state index in [9.17, 15) is 12.8 Å². The molecular weight excluding hydrogens is 335 g/mol. The van der Waals surface area contributed by atoms with Gasteiger partial charge in [0.15, 0.2) is 9.84 Å². The van der Waals surface area contributed by atoms with E-state index in [2.05, 4.69) is 15.5 Å². The molecule has 0 saturated heterocycles. The third-order valence-electron chi connectivity index (χ3n) is 3.05. The monoisotopic (exact) mass is 350 g/mol. The van der Waals surface area contributed by atoms with Crippen LogP contribution in [0.2, 0.25) is 0 Å². The van der Waals surface area contributed by atoms with Crippen LogP contribution in [0.25, 0.3) is 10.4 Å². The molecule has 0 spiro atoms. The molecule has 0 aliphatic rings. The third kappa shape index (κ3) is 4.95. The number of rotatable bonds is 8. The number of hydrogen-bond acceptors (Lipinski definition) is 5. The van der Waals surface area contributed by atoms with Crippen LogP contribution in [0, 0.1) is 5.82 Å². The van der Waals surface area contributed by atoms with Crippen molar-refractivity contribution in [3.8, 4) is 0 Å². The molecule has 0 fully saturated rings. The van der Waals surface area contributed by atoms with Crippen LogP contribution in [-0.4, -0.2) is 21.6 Å². The summed E-state index contributed by atoms with van der Waals surface area (Å²) in [7, 11) is -3.62. The molecule has 0 atom stereocenters. The van der Waals surface area contributed by atoms with Crippen molar-refractivity contribution in [3.63, 3.8) is 0 Å². The van der Waals surface area contributed by atoms with Crippen molar-refractivity contribution in [1.82, 2.24) is 0 Å². The van der Waals surface area contributed by atoms with Crippen molar-refractivity contribution in [2.75, 3.05) is 18.6 Å². The first-order valence-electron chi connectivity index (χ1n) is 6.98. The van der Waals surface area contributed by atoms with Crippen molar-refractivity contribution in [3.05, 3.63) is 70.4 Å². The summed E-state index contributed by atoms with van der Waals surface area (Å²) >= 11 is 0. The summed E-state index contributed by atoms with van der Waals surface area (Å²) in [5.41, 5.74) is 11.3. The molecule has 0 heterocycles. The summed E-state index contributed by atoms with van der Waals surface area (Å²) in [6, 6.07) is 11.6. The van der Waals surface area contributed by atoms with E-state index in [0.717, 1.165) is 6.07 Å². The average Bonchev–Trinajstić information content (AvgIpc) is 2.57. The van der Waals surface area contributed by atoms with E-state index in [1.807, 2.05) is 0 Å². The first kappa shape index (κ1) is 17.7. The van der Waals surface area contributed by atoms with Gasteiger partial charge in [0.1, 0.15) is 5.82 Å². The van der Waals surface area contributed by atoms with Crippen molar-refractivity contribution in [2.45, 2.75) is 10.6 Å². The number of benzene rings is 2. The minimum Gasteiger partial charge on any atom is -0.276 e. The molecule has 0 saturated carbocycles. The second kappa shape index (κ2) is 8.30. The van der Waals surface area contributed by atoms with Crippen molar-refractivity contribution >= 4 is 15.5 Å². The highest BCUT2D eigenvalue weighted by Crippen LogP contribution is 2.23. The lowest BCUT2D eigenvalue weighted by Crippen LogP contribution is -2.10. The Hall–Kier alpha value is -2.61. The molecule has 2 rings (SSSR count). The van der Waals surface area contributed by atoms with Gasteiger partial charge in [0, 0.05) is 4.91 Å². The maximum Gasteiger partial charge on any atom is 0.182 e. The molecule has 0 aliphatic carbocycles. The van der Waals surface area contributed by atoms with Gasteiger partial charge >= 0.3 is 0 Å². The van der Waals surface area contributed by atoms with Gasteiger partial charge in [0.05, 0.1) is 29.5 Å². The standard InChI is InChI=1S/C15H15FN4O3S/c16-13-6-7-15(19-23-9-8-18-20-17)12(10-13)11-24(21,22)14-4-2-1-3-5-14/h1-7,10,19H,8-9,11H2. The Morgan fingerprint density at radius 1 is 1.21 bits per heavy atom. The number of nitrogens with one attached hydrogen (secondary N) is 1. The Morgan fingerprint density at radius 3 is 2.67 bits per heavy atom. The van der Waals surface area contributed by atoms with E-state index in [1.165, 1.54) is 24.3 Å². The number of anilines is 1. The van der Waals surface area contributed by atoms with Crippen LogP contribution in [0.3, 0.4) is 0 Å². The molecule has 24 heavy (non-hydrogen) atoms. The zero-order valence-corrected chi connectivity index (χ0v) is 13.4. The Bertz CT molecular complexity index is 837. The molecule has 2 aromatic rings. The zero-order chi connectivity index (χ0) is 17.4. The Morgan fingerprint density at radius 2 is 1.96 bits per heavy atom. The van der Waals surface area contributed by atoms with Crippen LogP contribution < -0.4 is 5.48 Å². The molecule has 0 aromatic heterocycles. The third-order valence-corrected chi connectivity index (χ3v) is 4.74. The zero-order valence-electron chi connectivity index (χ0n) is 12.6. The average molecular weight is 350 g/mol. The molecule has 2 aromatic carbocycles. The first-order chi connectivity index (χ1) is 11.5. The van der Waals surface area contributed by atoms with E-state index >= 15 is 0 Å². The van der Waals surface area contributed by atoms with Crippen LogP contribution >= 0.6 is 0 Å². The summed E-state index contributed by atoms with van der Waals surface area (Å²) in [5.74, 6) is -0.926. The van der Waals surface area contributed by atoms with E-state index in [-0.39, 0.29) is 29.4 Å².